The lowest BCUT2D eigenvalue weighted by atomic mass is 9.92. The van der Waals surface area contributed by atoms with E-state index in [0.717, 1.165) is 41.2 Å². The van der Waals surface area contributed by atoms with E-state index in [4.69, 9.17) is 9.97 Å². The topological polar surface area (TPSA) is 41.9 Å². The Morgan fingerprint density at radius 2 is 1.75 bits per heavy atom. The number of rotatable bonds is 2. The molecule has 0 saturated carbocycles. The molecule has 24 heavy (non-hydrogen) atoms. The minimum atomic E-state index is 0.685. The van der Waals surface area contributed by atoms with Crippen LogP contribution >= 0.6 is 0 Å². The average Bonchev–Trinajstić information content (AvgIpc) is 2.60. The molecule has 1 aromatic carbocycles. The van der Waals surface area contributed by atoms with Gasteiger partial charge in [-0.3, -0.25) is 4.98 Å². The van der Waals surface area contributed by atoms with Crippen molar-refractivity contribution < 1.29 is 0 Å². The average molecular weight is 318 g/mol. The highest BCUT2D eigenvalue weighted by atomic mass is 15.2. The molecule has 1 fully saturated rings. The minimum absolute atomic E-state index is 0.685. The van der Waals surface area contributed by atoms with Gasteiger partial charge in [0.2, 0.25) is 0 Å². The SMILES string of the molecule is C[C@@H]1C[C@H](C)CN(c2nc(-c3cccnc3)nc3ccccc23)C1. The third kappa shape index (κ3) is 2.84. The van der Waals surface area contributed by atoms with E-state index in [-0.39, 0.29) is 0 Å². The van der Waals surface area contributed by atoms with Crippen LogP contribution in [0.2, 0.25) is 0 Å². The van der Waals surface area contributed by atoms with Crippen molar-refractivity contribution in [2.45, 2.75) is 20.3 Å². The fourth-order valence-corrected chi connectivity index (χ4v) is 3.76. The van der Waals surface area contributed by atoms with E-state index in [0.29, 0.717) is 11.8 Å². The van der Waals surface area contributed by atoms with E-state index in [1.807, 2.05) is 24.4 Å². The lowest BCUT2D eigenvalue weighted by molar-refractivity contribution is 0.356. The van der Waals surface area contributed by atoms with Crippen molar-refractivity contribution in [3.63, 3.8) is 0 Å². The molecule has 0 unspecified atom stereocenters. The van der Waals surface area contributed by atoms with E-state index in [9.17, 15) is 0 Å². The largest absolute Gasteiger partial charge is 0.355 e. The molecule has 122 valence electrons. The van der Waals surface area contributed by atoms with Gasteiger partial charge in [-0.1, -0.05) is 26.0 Å². The van der Waals surface area contributed by atoms with Crippen LogP contribution in [0.25, 0.3) is 22.3 Å². The summed E-state index contributed by atoms with van der Waals surface area (Å²) in [6, 6.07) is 12.2. The smallest absolute Gasteiger partial charge is 0.163 e. The molecule has 4 nitrogen and oxygen atoms in total. The van der Waals surface area contributed by atoms with Crippen molar-refractivity contribution in [2.75, 3.05) is 18.0 Å². The molecular weight excluding hydrogens is 296 g/mol. The van der Waals surface area contributed by atoms with Crippen LogP contribution in [0.1, 0.15) is 20.3 Å². The Balaban J connectivity index is 1.87. The predicted octanol–water partition coefficient (Wildman–Crippen LogP) is 4.17. The highest BCUT2D eigenvalue weighted by molar-refractivity contribution is 5.91. The summed E-state index contributed by atoms with van der Waals surface area (Å²) in [6.45, 7) is 6.76. The Hall–Kier alpha value is -2.49. The highest BCUT2D eigenvalue weighted by Crippen LogP contribution is 2.31. The first-order valence-electron chi connectivity index (χ1n) is 8.63. The number of piperidine rings is 1. The molecule has 0 amide bonds. The fraction of sp³-hybridized carbons (Fsp3) is 0.350. The molecule has 0 spiro atoms. The van der Waals surface area contributed by atoms with E-state index >= 15 is 0 Å². The molecule has 1 aliphatic heterocycles. The van der Waals surface area contributed by atoms with Crippen LogP contribution in [0.5, 0.6) is 0 Å². The predicted molar refractivity (Wildman–Crippen MR) is 97.9 cm³/mol. The number of fused-ring (bicyclic) bond motifs is 1. The lowest BCUT2D eigenvalue weighted by Crippen LogP contribution is -2.39. The second kappa shape index (κ2) is 6.19. The third-order valence-corrected chi connectivity index (χ3v) is 4.67. The number of hydrogen-bond donors (Lipinski definition) is 0. The van der Waals surface area contributed by atoms with Gasteiger partial charge in [0.15, 0.2) is 5.82 Å². The monoisotopic (exact) mass is 318 g/mol. The Kier molecular flexibility index (Phi) is 3.89. The zero-order valence-electron chi connectivity index (χ0n) is 14.2. The van der Waals surface area contributed by atoms with Crippen molar-refractivity contribution >= 4 is 16.7 Å². The van der Waals surface area contributed by atoms with Gasteiger partial charge in [0.25, 0.3) is 0 Å². The molecule has 2 atom stereocenters. The van der Waals surface area contributed by atoms with Gasteiger partial charge in [0, 0.05) is 36.4 Å². The van der Waals surface area contributed by atoms with Gasteiger partial charge in [-0.05, 0) is 42.5 Å². The Labute approximate surface area is 142 Å². The molecular formula is C20H22N4. The van der Waals surface area contributed by atoms with E-state index in [1.165, 1.54) is 6.42 Å². The Morgan fingerprint density at radius 3 is 2.50 bits per heavy atom. The first kappa shape index (κ1) is 15.1. The summed E-state index contributed by atoms with van der Waals surface area (Å²) >= 11 is 0. The quantitative estimate of drug-likeness (QED) is 0.711. The van der Waals surface area contributed by atoms with Crippen LogP contribution in [-0.4, -0.2) is 28.0 Å². The molecule has 4 rings (SSSR count). The summed E-state index contributed by atoms with van der Waals surface area (Å²) in [4.78, 5) is 16.3. The van der Waals surface area contributed by atoms with Crippen molar-refractivity contribution in [2.24, 2.45) is 11.8 Å². The number of pyridine rings is 1. The van der Waals surface area contributed by atoms with Crippen molar-refractivity contribution in [1.29, 1.82) is 0 Å². The van der Waals surface area contributed by atoms with E-state index < -0.39 is 0 Å². The number of nitrogens with zero attached hydrogens (tertiary/aromatic N) is 4. The molecule has 1 aliphatic rings. The van der Waals surface area contributed by atoms with Crippen LogP contribution < -0.4 is 4.90 Å². The molecule has 0 aliphatic carbocycles. The van der Waals surface area contributed by atoms with Crippen molar-refractivity contribution in [3.05, 3.63) is 48.8 Å². The summed E-state index contributed by atoms with van der Waals surface area (Å²) in [5.41, 5.74) is 1.95. The number of anilines is 1. The first-order valence-corrected chi connectivity index (χ1v) is 8.63. The summed E-state index contributed by atoms with van der Waals surface area (Å²) in [6.07, 6.45) is 4.89. The second-order valence-corrected chi connectivity index (χ2v) is 6.98. The first-order chi connectivity index (χ1) is 11.7. The van der Waals surface area contributed by atoms with Crippen LogP contribution in [0, 0.1) is 11.8 Å². The van der Waals surface area contributed by atoms with Crippen molar-refractivity contribution in [3.8, 4) is 11.4 Å². The Morgan fingerprint density at radius 1 is 0.958 bits per heavy atom. The van der Waals surface area contributed by atoms with E-state index in [1.54, 1.807) is 6.20 Å². The Bertz CT molecular complexity index is 837. The molecule has 1 saturated heterocycles. The molecule has 0 radical (unpaired) electrons. The number of benzene rings is 1. The van der Waals surface area contributed by atoms with Crippen LogP contribution in [0.4, 0.5) is 5.82 Å². The number of para-hydroxylation sites is 1. The van der Waals surface area contributed by atoms with Gasteiger partial charge < -0.3 is 4.90 Å². The number of aromatic nitrogens is 3. The third-order valence-electron chi connectivity index (χ3n) is 4.67. The van der Waals surface area contributed by atoms with Gasteiger partial charge in [-0.25, -0.2) is 9.97 Å². The number of hydrogen-bond acceptors (Lipinski definition) is 4. The molecule has 4 heteroatoms. The maximum Gasteiger partial charge on any atom is 0.163 e. The van der Waals surface area contributed by atoms with Gasteiger partial charge in [0.1, 0.15) is 5.82 Å². The second-order valence-electron chi connectivity index (χ2n) is 6.98. The maximum absolute atomic E-state index is 4.94. The summed E-state index contributed by atoms with van der Waals surface area (Å²) in [5, 5.41) is 1.13. The molecule has 2 aromatic heterocycles. The molecule has 0 N–H and O–H groups in total. The van der Waals surface area contributed by atoms with Gasteiger partial charge >= 0.3 is 0 Å². The summed E-state index contributed by atoms with van der Waals surface area (Å²) < 4.78 is 0. The molecule has 3 heterocycles. The van der Waals surface area contributed by atoms with Gasteiger partial charge in [-0.15, -0.1) is 0 Å². The summed E-state index contributed by atoms with van der Waals surface area (Å²) in [5.74, 6) is 3.18. The standard InChI is InChI=1S/C20H22N4/c1-14-10-15(2)13-24(12-14)20-17-7-3-4-8-18(17)22-19(23-20)16-6-5-9-21-11-16/h3-9,11,14-15H,10,12-13H2,1-2H3/t14-,15+. The van der Waals surface area contributed by atoms with Gasteiger partial charge in [0.05, 0.1) is 5.52 Å². The minimum Gasteiger partial charge on any atom is -0.355 e. The van der Waals surface area contributed by atoms with Crippen LogP contribution in [0.15, 0.2) is 48.8 Å². The summed E-state index contributed by atoms with van der Waals surface area (Å²) in [7, 11) is 0. The van der Waals surface area contributed by atoms with Gasteiger partial charge in [-0.2, -0.15) is 0 Å². The lowest BCUT2D eigenvalue weighted by Gasteiger charge is -2.36. The fourth-order valence-electron chi connectivity index (χ4n) is 3.76. The highest BCUT2D eigenvalue weighted by Gasteiger charge is 2.24. The zero-order chi connectivity index (χ0) is 16.5. The normalized spacial score (nSPS) is 21.2. The van der Waals surface area contributed by atoms with Crippen LogP contribution in [-0.2, 0) is 0 Å². The van der Waals surface area contributed by atoms with Crippen molar-refractivity contribution in [1.82, 2.24) is 15.0 Å². The van der Waals surface area contributed by atoms with Crippen LogP contribution in [0.3, 0.4) is 0 Å². The zero-order valence-corrected chi connectivity index (χ0v) is 14.2. The van der Waals surface area contributed by atoms with E-state index in [2.05, 4.69) is 41.9 Å². The maximum atomic E-state index is 4.94. The molecule has 0 bridgehead atoms. The molecule has 3 aromatic rings.